The molecule has 0 bridgehead atoms. The lowest BCUT2D eigenvalue weighted by Crippen LogP contribution is -2.44. The van der Waals surface area contributed by atoms with Crippen LogP contribution in [0, 0.1) is 0 Å². The predicted octanol–water partition coefficient (Wildman–Crippen LogP) is 1.10. The second-order valence-electron chi connectivity index (χ2n) is 6.20. The molecular formula is C15H25N5O2. The molecule has 1 aromatic heterocycles. The van der Waals surface area contributed by atoms with Gasteiger partial charge in [-0.2, -0.15) is 0 Å². The van der Waals surface area contributed by atoms with E-state index in [1.165, 1.54) is 12.8 Å². The number of amides is 2. The Balaban J connectivity index is 1.33. The summed E-state index contributed by atoms with van der Waals surface area (Å²) >= 11 is 0. The zero-order valence-electron chi connectivity index (χ0n) is 13.2. The molecule has 2 N–H and O–H groups in total. The number of ether oxygens (including phenoxy) is 1. The molecule has 1 aliphatic heterocycles. The number of carbonyl (C=O) groups is 1. The number of aryl methyl sites for hydroxylation is 1. The van der Waals surface area contributed by atoms with Crippen molar-refractivity contribution in [2.24, 2.45) is 7.05 Å². The molecule has 7 heteroatoms. The summed E-state index contributed by atoms with van der Waals surface area (Å²) in [6.07, 6.45) is 5.98. The number of aromatic nitrogens is 3. The highest BCUT2D eigenvalue weighted by molar-refractivity contribution is 5.74. The van der Waals surface area contributed by atoms with Crippen LogP contribution in [0.4, 0.5) is 4.79 Å². The van der Waals surface area contributed by atoms with Crippen LogP contribution in [0.15, 0.2) is 0 Å². The van der Waals surface area contributed by atoms with Gasteiger partial charge in [0, 0.05) is 45.2 Å². The van der Waals surface area contributed by atoms with Gasteiger partial charge >= 0.3 is 6.03 Å². The highest BCUT2D eigenvalue weighted by Gasteiger charge is 2.29. The minimum absolute atomic E-state index is 0.0801. The third-order valence-corrected chi connectivity index (χ3v) is 4.36. The summed E-state index contributed by atoms with van der Waals surface area (Å²) in [6.45, 7) is 2.13. The zero-order chi connectivity index (χ0) is 15.4. The summed E-state index contributed by atoms with van der Waals surface area (Å²) in [5, 5.41) is 14.4. The molecule has 2 aliphatic rings. The van der Waals surface area contributed by atoms with Crippen LogP contribution < -0.4 is 10.6 Å². The van der Waals surface area contributed by atoms with Crippen molar-refractivity contribution in [3.05, 3.63) is 11.6 Å². The lowest BCUT2D eigenvalue weighted by Gasteiger charge is -2.23. The van der Waals surface area contributed by atoms with Gasteiger partial charge in [0.1, 0.15) is 11.6 Å². The van der Waals surface area contributed by atoms with Crippen LogP contribution in [-0.4, -0.2) is 46.6 Å². The number of rotatable bonds is 6. The fraction of sp³-hybridized carbons (Fsp3) is 0.800. The van der Waals surface area contributed by atoms with E-state index in [0.717, 1.165) is 50.5 Å². The molecule has 2 heterocycles. The van der Waals surface area contributed by atoms with Crippen LogP contribution in [0.1, 0.15) is 49.7 Å². The van der Waals surface area contributed by atoms with Gasteiger partial charge in [0.25, 0.3) is 0 Å². The van der Waals surface area contributed by atoms with Crippen LogP contribution >= 0.6 is 0 Å². The van der Waals surface area contributed by atoms with E-state index in [-0.39, 0.29) is 12.1 Å². The molecule has 0 unspecified atom stereocenters. The van der Waals surface area contributed by atoms with Crippen molar-refractivity contribution < 1.29 is 9.53 Å². The van der Waals surface area contributed by atoms with Gasteiger partial charge < -0.3 is 19.9 Å². The number of nitrogens with zero attached hydrogens (tertiary/aromatic N) is 3. The van der Waals surface area contributed by atoms with E-state index >= 15 is 0 Å². The van der Waals surface area contributed by atoms with Gasteiger partial charge in [-0.3, -0.25) is 0 Å². The average molecular weight is 307 g/mol. The Morgan fingerprint density at radius 1 is 1.27 bits per heavy atom. The van der Waals surface area contributed by atoms with Crippen LogP contribution in [0.3, 0.4) is 0 Å². The first kappa shape index (κ1) is 15.3. The van der Waals surface area contributed by atoms with Crippen molar-refractivity contribution in [3.8, 4) is 0 Å². The van der Waals surface area contributed by atoms with Gasteiger partial charge in [-0.15, -0.1) is 10.2 Å². The first-order valence-corrected chi connectivity index (χ1v) is 8.24. The second kappa shape index (κ2) is 7.09. The minimum atomic E-state index is -0.0801. The molecular weight excluding hydrogens is 282 g/mol. The summed E-state index contributed by atoms with van der Waals surface area (Å²) in [4.78, 5) is 11.8. The molecule has 1 saturated carbocycles. The van der Waals surface area contributed by atoms with Crippen LogP contribution in [-0.2, 0) is 18.2 Å². The van der Waals surface area contributed by atoms with E-state index in [9.17, 15) is 4.79 Å². The van der Waals surface area contributed by atoms with E-state index in [4.69, 9.17) is 4.74 Å². The first-order chi connectivity index (χ1) is 10.7. The molecule has 1 aliphatic carbocycles. The topological polar surface area (TPSA) is 81.1 Å². The summed E-state index contributed by atoms with van der Waals surface area (Å²) in [5.74, 6) is 2.74. The highest BCUT2D eigenvalue weighted by Crippen LogP contribution is 2.38. The second-order valence-corrected chi connectivity index (χ2v) is 6.20. The Morgan fingerprint density at radius 2 is 2.05 bits per heavy atom. The molecule has 1 saturated heterocycles. The van der Waals surface area contributed by atoms with Crippen LogP contribution in [0.25, 0.3) is 0 Å². The minimum Gasteiger partial charge on any atom is -0.381 e. The maximum Gasteiger partial charge on any atom is 0.315 e. The molecule has 0 radical (unpaired) electrons. The van der Waals surface area contributed by atoms with Gasteiger partial charge in [-0.25, -0.2) is 4.79 Å². The molecule has 122 valence electrons. The van der Waals surface area contributed by atoms with Crippen molar-refractivity contribution in [1.82, 2.24) is 25.4 Å². The quantitative estimate of drug-likeness (QED) is 0.771. The maximum absolute atomic E-state index is 11.8. The summed E-state index contributed by atoms with van der Waals surface area (Å²) < 4.78 is 7.39. The Labute approximate surface area is 130 Å². The first-order valence-electron chi connectivity index (χ1n) is 8.24. The van der Waals surface area contributed by atoms with Crippen LogP contribution in [0.5, 0.6) is 0 Å². The highest BCUT2D eigenvalue weighted by atomic mass is 16.5. The predicted molar refractivity (Wildman–Crippen MR) is 81.7 cm³/mol. The Morgan fingerprint density at radius 3 is 2.77 bits per heavy atom. The van der Waals surface area contributed by atoms with Crippen LogP contribution in [0.2, 0.25) is 0 Å². The molecule has 0 atom stereocenters. The molecule has 1 aromatic rings. The SMILES string of the molecule is Cn1c(CCCNC(=O)NC2CCOCC2)nnc1C1CC1. The monoisotopic (exact) mass is 307 g/mol. The van der Waals surface area contributed by atoms with Crippen molar-refractivity contribution in [2.45, 2.75) is 50.5 Å². The van der Waals surface area contributed by atoms with Crippen molar-refractivity contribution in [2.75, 3.05) is 19.8 Å². The molecule has 0 aromatic carbocycles. The van der Waals surface area contributed by atoms with E-state index in [1.54, 1.807) is 0 Å². The van der Waals surface area contributed by atoms with Gasteiger partial charge in [-0.1, -0.05) is 0 Å². The Bertz CT molecular complexity index is 506. The summed E-state index contributed by atoms with van der Waals surface area (Å²) in [5.41, 5.74) is 0. The fourth-order valence-corrected chi connectivity index (χ4v) is 2.82. The summed E-state index contributed by atoms with van der Waals surface area (Å²) in [7, 11) is 2.04. The standard InChI is InChI=1S/C15H25N5O2/c1-20-13(18-19-14(20)11-4-5-11)3-2-8-16-15(21)17-12-6-9-22-10-7-12/h11-12H,2-10H2,1H3,(H2,16,17,21). The lowest BCUT2D eigenvalue weighted by atomic mass is 10.1. The maximum atomic E-state index is 11.8. The van der Waals surface area contributed by atoms with Crippen molar-refractivity contribution >= 4 is 6.03 Å². The lowest BCUT2D eigenvalue weighted by molar-refractivity contribution is 0.0801. The Kier molecular flexibility index (Phi) is 4.92. The molecule has 0 spiro atoms. The summed E-state index contributed by atoms with van der Waals surface area (Å²) in [6, 6.07) is 0.164. The third-order valence-electron chi connectivity index (χ3n) is 4.36. The number of hydrogen-bond donors (Lipinski definition) is 2. The van der Waals surface area contributed by atoms with Crippen molar-refractivity contribution in [1.29, 1.82) is 0 Å². The van der Waals surface area contributed by atoms with Gasteiger partial charge in [0.05, 0.1) is 0 Å². The average Bonchev–Trinajstić information content (AvgIpc) is 3.29. The van der Waals surface area contributed by atoms with E-state index in [2.05, 4.69) is 25.4 Å². The largest absolute Gasteiger partial charge is 0.381 e. The smallest absolute Gasteiger partial charge is 0.315 e. The third kappa shape index (κ3) is 3.97. The number of urea groups is 1. The fourth-order valence-electron chi connectivity index (χ4n) is 2.82. The van der Waals surface area contributed by atoms with E-state index in [0.29, 0.717) is 12.5 Å². The van der Waals surface area contributed by atoms with Gasteiger partial charge in [0.15, 0.2) is 0 Å². The molecule has 2 fully saturated rings. The molecule has 22 heavy (non-hydrogen) atoms. The van der Waals surface area contributed by atoms with Gasteiger partial charge in [-0.05, 0) is 32.1 Å². The van der Waals surface area contributed by atoms with E-state index < -0.39 is 0 Å². The van der Waals surface area contributed by atoms with Crippen molar-refractivity contribution in [3.63, 3.8) is 0 Å². The molecule has 3 rings (SSSR count). The normalized spacial score (nSPS) is 19.1. The number of nitrogens with one attached hydrogen (secondary N) is 2. The molecule has 2 amide bonds. The Hall–Kier alpha value is -1.63. The number of hydrogen-bond acceptors (Lipinski definition) is 4. The number of carbonyl (C=O) groups excluding carboxylic acids is 1. The molecule has 7 nitrogen and oxygen atoms in total. The zero-order valence-corrected chi connectivity index (χ0v) is 13.2. The van der Waals surface area contributed by atoms with Gasteiger partial charge in [0.2, 0.25) is 0 Å². The van der Waals surface area contributed by atoms with E-state index in [1.807, 2.05) is 7.05 Å².